The van der Waals surface area contributed by atoms with Gasteiger partial charge in [0.05, 0.1) is 4.90 Å². The molecular formula is C15H19NO4S. The predicted octanol–water partition coefficient (Wildman–Crippen LogP) is 2.21. The molecule has 5 nitrogen and oxygen atoms in total. The van der Waals surface area contributed by atoms with Gasteiger partial charge in [0.1, 0.15) is 0 Å². The third-order valence-electron chi connectivity index (χ3n) is 3.68. The number of sulfonamides is 1. The highest BCUT2D eigenvalue weighted by Gasteiger charge is 2.27. The first-order valence-electron chi connectivity index (χ1n) is 6.91. The van der Waals surface area contributed by atoms with E-state index in [-0.39, 0.29) is 4.90 Å². The van der Waals surface area contributed by atoms with Crippen LogP contribution in [-0.4, -0.2) is 36.9 Å². The SMILES string of the molecule is CC1CCN(S(=O)(=O)c2ccc(C=CC(=O)O)cc2)CC1. The smallest absolute Gasteiger partial charge is 0.328 e. The van der Waals surface area contributed by atoms with Crippen LogP contribution in [0.5, 0.6) is 0 Å². The molecule has 0 radical (unpaired) electrons. The lowest BCUT2D eigenvalue weighted by Crippen LogP contribution is -2.37. The topological polar surface area (TPSA) is 74.7 Å². The van der Waals surface area contributed by atoms with Gasteiger partial charge in [0, 0.05) is 19.2 Å². The van der Waals surface area contributed by atoms with Gasteiger partial charge in [0.2, 0.25) is 10.0 Å². The van der Waals surface area contributed by atoms with Crippen molar-refractivity contribution < 1.29 is 18.3 Å². The Hall–Kier alpha value is -1.66. The minimum absolute atomic E-state index is 0.254. The Kier molecular flexibility index (Phi) is 4.80. The molecule has 0 saturated carbocycles. The molecule has 1 N–H and O–H groups in total. The summed E-state index contributed by atoms with van der Waals surface area (Å²) < 4.78 is 26.5. The van der Waals surface area contributed by atoms with Crippen LogP contribution in [0.4, 0.5) is 0 Å². The zero-order valence-electron chi connectivity index (χ0n) is 11.9. The van der Waals surface area contributed by atoms with Crippen LogP contribution in [0.25, 0.3) is 6.08 Å². The second-order valence-electron chi connectivity index (χ2n) is 5.33. The number of aliphatic carboxylic acids is 1. The van der Waals surface area contributed by atoms with Crippen LogP contribution in [-0.2, 0) is 14.8 Å². The van der Waals surface area contributed by atoms with Crippen LogP contribution in [0.15, 0.2) is 35.2 Å². The number of hydrogen-bond donors (Lipinski definition) is 1. The molecule has 0 aromatic heterocycles. The molecular weight excluding hydrogens is 290 g/mol. The normalized spacial score (nSPS) is 18.1. The molecule has 1 aromatic carbocycles. The van der Waals surface area contributed by atoms with Gasteiger partial charge in [-0.1, -0.05) is 19.1 Å². The summed E-state index contributed by atoms with van der Waals surface area (Å²) in [7, 11) is -3.44. The number of carboxylic acids is 1. The fourth-order valence-corrected chi connectivity index (χ4v) is 3.76. The fourth-order valence-electron chi connectivity index (χ4n) is 2.29. The Labute approximate surface area is 124 Å². The molecule has 1 aromatic rings. The summed E-state index contributed by atoms with van der Waals surface area (Å²) in [5.41, 5.74) is 0.656. The minimum Gasteiger partial charge on any atom is -0.478 e. The molecule has 0 bridgehead atoms. The van der Waals surface area contributed by atoms with Crippen molar-refractivity contribution in [2.75, 3.05) is 13.1 Å². The summed E-state index contributed by atoms with van der Waals surface area (Å²) in [5, 5.41) is 8.56. The largest absolute Gasteiger partial charge is 0.478 e. The van der Waals surface area contributed by atoms with Gasteiger partial charge in [-0.15, -0.1) is 0 Å². The predicted molar refractivity (Wildman–Crippen MR) is 80.3 cm³/mol. The second kappa shape index (κ2) is 6.41. The average molecular weight is 309 g/mol. The molecule has 1 heterocycles. The summed E-state index contributed by atoms with van der Waals surface area (Å²) in [4.78, 5) is 10.7. The first kappa shape index (κ1) is 15.7. The van der Waals surface area contributed by atoms with Crippen molar-refractivity contribution in [1.29, 1.82) is 0 Å². The third-order valence-corrected chi connectivity index (χ3v) is 5.59. The maximum Gasteiger partial charge on any atom is 0.328 e. The van der Waals surface area contributed by atoms with Crippen molar-refractivity contribution >= 4 is 22.1 Å². The molecule has 1 fully saturated rings. The monoisotopic (exact) mass is 309 g/mol. The standard InChI is InChI=1S/C15H19NO4S/c1-12-8-10-16(11-9-12)21(19,20)14-5-2-13(3-6-14)4-7-15(17)18/h2-7,12H,8-11H2,1H3,(H,17,18). The van der Waals surface area contributed by atoms with Crippen molar-refractivity contribution in [3.63, 3.8) is 0 Å². The van der Waals surface area contributed by atoms with Gasteiger partial charge in [-0.2, -0.15) is 4.31 Å². The first-order valence-corrected chi connectivity index (χ1v) is 8.35. The number of nitrogens with zero attached hydrogens (tertiary/aromatic N) is 1. The maximum absolute atomic E-state index is 12.5. The van der Waals surface area contributed by atoms with E-state index in [1.165, 1.54) is 22.5 Å². The summed E-state index contributed by atoms with van der Waals surface area (Å²) >= 11 is 0. The van der Waals surface area contributed by atoms with E-state index < -0.39 is 16.0 Å². The Morgan fingerprint density at radius 2 is 1.81 bits per heavy atom. The van der Waals surface area contributed by atoms with Gasteiger partial charge < -0.3 is 5.11 Å². The van der Waals surface area contributed by atoms with E-state index >= 15 is 0 Å². The molecule has 114 valence electrons. The van der Waals surface area contributed by atoms with Crippen LogP contribution in [0, 0.1) is 5.92 Å². The van der Waals surface area contributed by atoms with E-state index in [2.05, 4.69) is 6.92 Å². The minimum atomic E-state index is -3.44. The summed E-state index contributed by atoms with van der Waals surface area (Å²) in [6, 6.07) is 6.27. The van der Waals surface area contributed by atoms with Gasteiger partial charge in [-0.05, 0) is 42.5 Å². The highest BCUT2D eigenvalue weighted by molar-refractivity contribution is 7.89. The lowest BCUT2D eigenvalue weighted by atomic mass is 10.0. The number of hydrogen-bond acceptors (Lipinski definition) is 3. The molecule has 0 spiro atoms. The number of benzene rings is 1. The van der Waals surface area contributed by atoms with Gasteiger partial charge in [0.25, 0.3) is 0 Å². The van der Waals surface area contributed by atoms with Crippen LogP contribution in [0.2, 0.25) is 0 Å². The van der Waals surface area contributed by atoms with E-state index in [1.807, 2.05) is 0 Å². The van der Waals surface area contributed by atoms with E-state index in [0.717, 1.165) is 18.9 Å². The third kappa shape index (κ3) is 3.92. The molecule has 1 saturated heterocycles. The van der Waals surface area contributed by atoms with Crippen LogP contribution < -0.4 is 0 Å². The summed E-state index contributed by atoms with van der Waals surface area (Å²) in [6.07, 6.45) is 4.23. The van der Waals surface area contributed by atoms with Crippen molar-refractivity contribution in [3.05, 3.63) is 35.9 Å². The van der Waals surface area contributed by atoms with Crippen molar-refractivity contribution in [3.8, 4) is 0 Å². The number of carboxylic acid groups (broad SMARTS) is 1. The van der Waals surface area contributed by atoms with Crippen LogP contribution in [0.1, 0.15) is 25.3 Å². The number of piperidine rings is 1. The molecule has 21 heavy (non-hydrogen) atoms. The average Bonchev–Trinajstić information content (AvgIpc) is 2.46. The van der Waals surface area contributed by atoms with Crippen molar-refractivity contribution in [2.45, 2.75) is 24.7 Å². The molecule has 0 amide bonds. The Morgan fingerprint density at radius 1 is 1.24 bits per heavy atom. The Balaban J connectivity index is 2.15. The zero-order valence-corrected chi connectivity index (χ0v) is 12.7. The molecule has 1 aliphatic rings. The molecule has 6 heteroatoms. The first-order chi connectivity index (χ1) is 9.89. The van der Waals surface area contributed by atoms with E-state index in [9.17, 15) is 13.2 Å². The molecule has 0 aliphatic carbocycles. The van der Waals surface area contributed by atoms with Crippen LogP contribution >= 0.6 is 0 Å². The van der Waals surface area contributed by atoms with Gasteiger partial charge >= 0.3 is 5.97 Å². The van der Waals surface area contributed by atoms with E-state index in [1.54, 1.807) is 12.1 Å². The highest BCUT2D eigenvalue weighted by atomic mass is 32.2. The number of carbonyl (C=O) groups is 1. The quantitative estimate of drug-likeness (QED) is 0.865. The van der Waals surface area contributed by atoms with Gasteiger partial charge in [0.15, 0.2) is 0 Å². The van der Waals surface area contributed by atoms with Gasteiger partial charge in [-0.3, -0.25) is 0 Å². The summed E-state index contributed by atoms with van der Waals surface area (Å²) in [6.45, 7) is 3.25. The Bertz CT molecular complexity index is 626. The van der Waals surface area contributed by atoms with Crippen molar-refractivity contribution in [2.24, 2.45) is 5.92 Å². The number of rotatable bonds is 4. The molecule has 0 atom stereocenters. The highest BCUT2D eigenvalue weighted by Crippen LogP contribution is 2.23. The second-order valence-corrected chi connectivity index (χ2v) is 7.27. The molecule has 0 unspecified atom stereocenters. The summed E-state index contributed by atoms with van der Waals surface area (Å²) in [5.74, 6) is -0.464. The lowest BCUT2D eigenvalue weighted by Gasteiger charge is -2.29. The van der Waals surface area contributed by atoms with E-state index in [4.69, 9.17) is 5.11 Å². The fraction of sp³-hybridized carbons (Fsp3) is 0.400. The van der Waals surface area contributed by atoms with Gasteiger partial charge in [-0.25, -0.2) is 13.2 Å². The Morgan fingerprint density at radius 3 is 2.33 bits per heavy atom. The molecule has 2 rings (SSSR count). The maximum atomic E-state index is 12.5. The zero-order chi connectivity index (χ0) is 15.5. The lowest BCUT2D eigenvalue weighted by molar-refractivity contribution is -0.131. The van der Waals surface area contributed by atoms with Crippen molar-refractivity contribution in [1.82, 2.24) is 4.31 Å². The van der Waals surface area contributed by atoms with Crippen LogP contribution in [0.3, 0.4) is 0 Å². The molecule has 1 aliphatic heterocycles. The van der Waals surface area contributed by atoms with E-state index in [0.29, 0.717) is 24.6 Å².